The predicted octanol–water partition coefficient (Wildman–Crippen LogP) is 2.48. The van der Waals surface area contributed by atoms with E-state index in [4.69, 9.17) is 0 Å². The molecule has 0 spiro atoms. The highest BCUT2D eigenvalue weighted by molar-refractivity contribution is 7.89. The molecule has 0 aliphatic carbocycles. The van der Waals surface area contributed by atoms with Crippen LogP contribution in [0.5, 0.6) is 0 Å². The summed E-state index contributed by atoms with van der Waals surface area (Å²) in [4.78, 5) is 4.02. The molecule has 0 unspecified atom stereocenters. The smallest absolute Gasteiger partial charge is 0.246 e. The Morgan fingerprint density at radius 1 is 1.30 bits per heavy atom. The van der Waals surface area contributed by atoms with Crippen molar-refractivity contribution in [1.29, 1.82) is 0 Å². The summed E-state index contributed by atoms with van der Waals surface area (Å²) in [7, 11) is -3.95. The first-order valence-corrected chi connectivity index (χ1v) is 9.01. The first kappa shape index (κ1) is 16.1. The van der Waals surface area contributed by atoms with Crippen molar-refractivity contribution in [3.8, 4) is 0 Å². The first-order valence-electron chi connectivity index (χ1n) is 7.57. The van der Waals surface area contributed by atoms with Gasteiger partial charge in [-0.2, -0.15) is 9.40 Å². The second-order valence-corrected chi connectivity index (χ2v) is 7.62. The Hall–Kier alpha value is -1.80. The molecular weight excluding hydrogens is 319 g/mol. The molecule has 0 radical (unpaired) electrons. The fourth-order valence-corrected chi connectivity index (χ4v) is 4.95. The number of aromatic nitrogens is 3. The van der Waals surface area contributed by atoms with Gasteiger partial charge in [-0.15, -0.1) is 0 Å². The third kappa shape index (κ3) is 2.88. The quantitative estimate of drug-likeness (QED) is 0.932. The van der Waals surface area contributed by atoms with Gasteiger partial charge in [0.25, 0.3) is 0 Å². The van der Waals surface area contributed by atoms with E-state index in [2.05, 4.69) is 15.2 Å². The van der Waals surface area contributed by atoms with Crippen molar-refractivity contribution >= 4 is 10.0 Å². The monoisotopic (exact) mass is 338 g/mol. The zero-order valence-corrected chi connectivity index (χ0v) is 13.9. The minimum atomic E-state index is -3.95. The van der Waals surface area contributed by atoms with Crippen molar-refractivity contribution in [2.45, 2.75) is 44.0 Å². The maximum Gasteiger partial charge on any atom is 0.246 e. The molecule has 1 atom stereocenters. The maximum absolute atomic E-state index is 14.2. The number of aryl methyl sites for hydroxylation is 2. The molecule has 0 saturated carbocycles. The second kappa shape index (κ2) is 6.01. The van der Waals surface area contributed by atoms with E-state index < -0.39 is 21.9 Å². The summed E-state index contributed by atoms with van der Waals surface area (Å²) in [6.07, 6.45) is 2.26. The number of nitrogens with one attached hydrogen (secondary N) is 1. The van der Waals surface area contributed by atoms with Crippen molar-refractivity contribution in [2.75, 3.05) is 6.54 Å². The molecule has 2 aromatic rings. The van der Waals surface area contributed by atoms with Gasteiger partial charge in [-0.25, -0.2) is 17.8 Å². The molecule has 1 aliphatic rings. The summed E-state index contributed by atoms with van der Waals surface area (Å²) in [5.74, 6) is 0.352. The van der Waals surface area contributed by atoms with E-state index >= 15 is 0 Å². The van der Waals surface area contributed by atoms with E-state index in [1.54, 1.807) is 19.9 Å². The van der Waals surface area contributed by atoms with Gasteiger partial charge >= 0.3 is 0 Å². The van der Waals surface area contributed by atoms with Crippen LogP contribution in [0.25, 0.3) is 0 Å². The lowest BCUT2D eigenvalue weighted by Crippen LogP contribution is -2.39. The fraction of sp³-hybridized carbons (Fsp3) is 0.467. The third-order valence-corrected chi connectivity index (χ3v) is 6.18. The first-order chi connectivity index (χ1) is 10.9. The molecule has 1 N–H and O–H groups in total. The topological polar surface area (TPSA) is 79.0 Å². The Labute approximate surface area is 134 Å². The Balaban J connectivity index is 2.06. The third-order valence-electron chi connectivity index (χ3n) is 4.10. The van der Waals surface area contributed by atoms with E-state index in [9.17, 15) is 12.8 Å². The number of nitrogens with zero attached hydrogens (tertiary/aromatic N) is 3. The molecule has 124 valence electrons. The fourth-order valence-electron chi connectivity index (χ4n) is 3.02. The van der Waals surface area contributed by atoms with E-state index in [1.807, 2.05) is 0 Å². The second-order valence-electron chi connectivity index (χ2n) is 5.79. The Kier molecular flexibility index (Phi) is 4.20. The Morgan fingerprint density at radius 3 is 2.74 bits per heavy atom. The number of benzene rings is 1. The highest BCUT2D eigenvalue weighted by Crippen LogP contribution is 2.35. The van der Waals surface area contributed by atoms with Crippen LogP contribution in [0.2, 0.25) is 0 Å². The molecule has 2 heterocycles. The van der Waals surface area contributed by atoms with E-state index in [0.29, 0.717) is 30.2 Å². The normalized spacial score (nSPS) is 19.9. The lowest BCUT2D eigenvalue weighted by Gasteiger charge is -2.33. The van der Waals surface area contributed by atoms with Gasteiger partial charge in [0.2, 0.25) is 10.0 Å². The number of hydrogen-bond donors (Lipinski definition) is 1. The summed E-state index contributed by atoms with van der Waals surface area (Å²) in [5.41, 5.74) is 0.403. The summed E-state index contributed by atoms with van der Waals surface area (Å²) in [5, 5.41) is 6.85. The Bertz CT molecular complexity index is 798. The number of rotatable bonds is 3. The van der Waals surface area contributed by atoms with Crippen LogP contribution in [-0.4, -0.2) is 34.4 Å². The molecule has 6 nitrogen and oxygen atoms in total. The SMILES string of the molecule is Cc1nc([C@H]2CCCCN2S(=O)(=O)c2c(C)cccc2F)n[nH]1. The van der Waals surface area contributed by atoms with Gasteiger partial charge in [0, 0.05) is 6.54 Å². The van der Waals surface area contributed by atoms with Gasteiger partial charge in [-0.05, 0) is 38.3 Å². The van der Waals surface area contributed by atoms with Gasteiger partial charge in [0.05, 0.1) is 6.04 Å². The van der Waals surface area contributed by atoms with Crippen molar-refractivity contribution in [3.05, 3.63) is 41.2 Å². The van der Waals surface area contributed by atoms with Crippen molar-refractivity contribution < 1.29 is 12.8 Å². The average Bonchev–Trinajstić information content (AvgIpc) is 2.93. The van der Waals surface area contributed by atoms with Crippen LogP contribution in [0.1, 0.15) is 42.5 Å². The molecule has 0 bridgehead atoms. The van der Waals surface area contributed by atoms with Crippen LogP contribution in [0, 0.1) is 19.7 Å². The van der Waals surface area contributed by atoms with Crippen LogP contribution in [-0.2, 0) is 10.0 Å². The molecule has 1 aliphatic heterocycles. The largest absolute Gasteiger partial charge is 0.263 e. The van der Waals surface area contributed by atoms with Gasteiger partial charge in [0.15, 0.2) is 5.82 Å². The highest BCUT2D eigenvalue weighted by atomic mass is 32.2. The predicted molar refractivity (Wildman–Crippen MR) is 82.7 cm³/mol. The van der Waals surface area contributed by atoms with Crippen molar-refractivity contribution in [3.63, 3.8) is 0 Å². The number of halogens is 1. The number of H-pyrrole nitrogens is 1. The molecule has 0 amide bonds. The van der Waals surface area contributed by atoms with Crippen LogP contribution in [0.3, 0.4) is 0 Å². The van der Waals surface area contributed by atoms with Crippen molar-refractivity contribution in [2.24, 2.45) is 0 Å². The standard InChI is InChI=1S/C15H19FN4O2S/c1-10-6-5-7-12(16)14(10)23(21,22)20-9-4-3-8-13(20)15-17-11(2)18-19-15/h5-7,13H,3-4,8-9H2,1-2H3,(H,17,18,19)/t13-/m1/s1. The summed E-state index contributed by atoms with van der Waals surface area (Å²) >= 11 is 0. The lowest BCUT2D eigenvalue weighted by molar-refractivity contribution is 0.246. The molecule has 1 saturated heterocycles. The highest BCUT2D eigenvalue weighted by Gasteiger charge is 2.38. The Morgan fingerprint density at radius 2 is 2.09 bits per heavy atom. The van der Waals surface area contributed by atoms with E-state index in [1.165, 1.54) is 16.4 Å². The summed E-state index contributed by atoms with van der Waals surface area (Å²) in [6.45, 7) is 3.71. The molecule has 8 heteroatoms. The van der Waals surface area contributed by atoms with E-state index in [0.717, 1.165) is 12.8 Å². The number of sulfonamides is 1. The van der Waals surface area contributed by atoms with Crippen LogP contribution >= 0.6 is 0 Å². The molecule has 1 aromatic heterocycles. The van der Waals surface area contributed by atoms with E-state index in [-0.39, 0.29) is 4.90 Å². The van der Waals surface area contributed by atoms with Crippen LogP contribution in [0.15, 0.2) is 23.1 Å². The summed E-state index contributed by atoms with van der Waals surface area (Å²) in [6, 6.07) is 3.83. The molecule has 3 rings (SSSR count). The summed E-state index contributed by atoms with van der Waals surface area (Å²) < 4.78 is 41.6. The van der Waals surface area contributed by atoms with Crippen LogP contribution in [0.4, 0.5) is 4.39 Å². The molecule has 1 fully saturated rings. The number of aromatic amines is 1. The average molecular weight is 338 g/mol. The lowest BCUT2D eigenvalue weighted by atomic mass is 10.0. The minimum absolute atomic E-state index is 0.251. The van der Waals surface area contributed by atoms with Crippen LogP contribution < -0.4 is 0 Å². The van der Waals surface area contributed by atoms with Gasteiger partial charge in [0.1, 0.15) is 16.5 Å². The number of piperidine rings is 1. The number of hydrogen-bond acceptors (Lipinski definition) is 4. The minimum Gasteiger partial charge on any atom is -0.263 e. The van der Waals surface area contributed by atoms with Gasteiger partial charge in [-0.1, -0.05) is 18.6 Å². The van der Waals surface area contributed by atoms with Gasteiger partial charge in [-0.3, -0.25) is 5.10 Å². The maximum atomic E-state index is 14.2. The van der Waals surface area contributed by atoms with Gasteiger partial charge < -0.3 is 0 Å². The zero-order chi connectivity index (χ0) is 16.6. The molecule has 1 aromatic carbocycles. The molecule has 23 heavy (non-hydrogen) atoms. The zero-order valence-electron chi connectivity index (χ0n) is 13.1. The van der Waals surface area contributed by atoms with Crippen molar-refractivity contribution in [1.82, 2.24) is 19.5 Å². The molecular formula is C15H19FN4O2S.